The first-order valence-corrected chi connectivity index (χ1v) is 6.17. The van der Waals surface area contributed by atoms with Gasteiger partial charge >= 0.3 is 13.2 Å². The first-order valence-electron chi connectivity index (χ1n) is 4.63. The van der Waals surface area contributed by atoms with Crippen molar-refractivity contribution in [1.29, 1.82) is 0 Å². The van der Waals surface area contributed by atoms with Crippen LogP contribution in [0.1, 0.15) is 27.7 Å². The first-order chi connectivity index (χ1) is 6.69. The van der Waals surface area contributed by atoms with Gasteiger partial charge in [-0.1, -0.05) is 0 Å². The monoisotopic (exact) mass is 239 g/mol. The highest BCUT2D eigenvalue weighted by Gasteiger charge is 2.39. The maximum atomic E-state index is 12.0. The zero-order valence-corrected chi connectivity index (χ0v) is 10.5. The van der Waals surface area contributed by atoms with Gasteiger partial charge in [-0.05, 0) is 27.7 Å². The van der Waals surface area contributed by atoms with Crippen molar-refractivity contribution in [3.63, 3.8) is 0 Å². The first kappa shape index (κ1) is 14.6. The molecule has 15 heavy (non-hydrogen) atoms. The standard InChI is InChI=1S/C8H18NO5P/c1-6(2)13-15(12,14-7(3)4)8(10)9(5)11/h6-7,11H,1-5H3. The van der Waals surface area contributed by atoms with Gasteiger partial charge in [0.25, 0.3) is 0 Å². The molecule has 0 aromatic heterocycles. The molecule has 0 unspecified atom stereocenters. The van der Waals surface area contributed by atoms with Crippen LogP contribution >= 0.6 is 7.60 Å². The van der Waals surface area contributed by atoms with Gasteiger partial charge in [0.05, 0.1) is 12.2 Å². The van der Waals surface area contributed by atoms with Gasteiger partial charge in [-0.2, -0.15) is 0 Å². The fraction of sp³-hybridized carbons (Fsp3) is 0.875. The Morgan fingerprint density at radius 3 is 1.73 bits per heavy atom. The molecule has 0 bridgehead atoms. The quantitative estimate of drug-likeness (QED) is 0.453. The second-order valence-electron chi connectivity index (χ2n) is 3.61. The lowest BCUT2D eigenvalue weighted by atomic mass is 10.5. The van der Waals surface area contributed by atoms with Crippen LogP contribution in [0.3, 0.4) is 0 Å². The predicted molar refractivity (Wildman–Crippen MR) is 55.0 cm³/mol. The van der Waals surface area contributed by atoms with E-state index in [1.165, 1.54) is 0 Å². The molecule has 90 valence electrons. The lowest BCUT2D eigenvalue weighted by Crippen LogP contribution is -2.25. The van der Waals surface area contributed by atoms with E-state index in [0.29, 0.717) is 0 Å². The number of carbonyl (C=O) groups excluding carboxylic acids is 1. The fourth-order valence-corrected chi connectivity index (χ4v) is 2.54. The molecule has 1 amide bonds. The molecule has 7 heteroatoms. The molecule has 0 aliphatic rings. The van der Waals surface area contributed by atoms with Gasteiger partial charge in [0.2, 0.25) is 0 Å². The third-order valence-corrected chi connectivity index (χ3v) is 3.37. The highest BCUT2D eigenvalue weighted by molar-refractivity contribution is 7.71. The third kappa shape index (κ3) is 4.75. The second kappa shape index (κ2) is 5.61. The van der Waals surface area contributed by atoms with Crippen molar-refractivity contribution >= 4 is 13.2 Å². The number of hydrogen-bond donors (Lipinski definition) is 1. The van der Waals surface area contributed by atoms with Crippen molar-refractivity contribution in [1.82, 2.24) is 5.06 Å². The Hall–Kier alpha value is -0.420. The molecule has 0 fully saturated rings. The topological polar surface area (TPSA) is 76.1 Å². The minimum absolute atomic E-state index is 0.214. The zero-order valence-electron chi connectivity index (χ0n) is 9.63. The highest BCUT2D eigenvalue weighted by Crippen LogP contribution is 2.52. The predicted octanol–water partition coefficient (Wildman–Crippen LogP) is 2.47. The Balaban J connectivity index is 4.85. The van der Waals surface area contributed by atoms with Crippen molar-refractivity contribution in [2.24, 2.45) is 0 Å². The van der Waals surface area contributed by atoms with Crippen LogP contribution in [0.15, 0.2) is 0 Å². The number of carbonyl (C=O) groups is 1. The van der Waals surface area contributed by atoms with E-state index in [0.717, 1.165) is 7.05 Å². The zero-order chi connectivity index (χ0) is 12.2. The normalized spacial score (nSPS) is 12.3. The maximum Gasteiger partial charge on any atom is 0.421 e. The van der Waals surface area contributed by atoms with Gasteiger partial charge in [-0.3, -0.25) is 19.0 Å². The van der Waals surface area contributed by atoms with Crippen LogP contribution in [0.25, 0.3) is 0 Å². The van der Waals surface area contributed by atoms with Crippen molar-refractivity contribution in [3.8, 4) is 0 Å². The molecule has 0 saturated heterocycles. The van der Waals surface area contributed by atoms with Gasteiger partial charge in [0.15, 0.2) is 0 Å². The average molecular weight is 239 g/mol. The molecule has 0 aromatic rings. The molecule has 0 radical (unpaired) electrons. The van der Waals surface area contributed by atoms with Crippen molar-refractivity contribution in [2.45, 2.75) is 39.9 Å². The van der Waals surface area contributed by atoms with Gasteiger partial charge in [-0.15, -0.1) is 0 Å². The molecule has 0 rings (SSSR count). The molecular formula is C8H18NO5P. The Morgan fingerprint density at radius 2 is 1.53 bits per heavy atom. The number of amides is 1. The lowest BCUT2D eigenvalue weighted by molar-refractivity contribution is -0.0115. The smallest absolute Gasteiger partial charge is 0.299 e. The van der Waals surface area contributed by atoms with Gasteiger partial charge in [0, 0.05) is 7.05 Å². The SMILES string of the molecule is CC(C)OP(=O)(OC(C)C)C(=O)N(C)O. The molecule has 0 aromatic carbocycles. The van der Waals surface area contributed by atoms with E-state index in [1.807, 2.05) is 0 Å². The van der Waals surface area contributed by atoms with Gasteiger partial charge in [-0.25, -0.2) is 9.63 Å². The molecule has 0 heterocycles. The van der Waals surface area contributed by atoms with Crippen LogP contribution in [0.5, 0.6) is 0 Å². The Bertz CT molecular complexity index is 250. The van der Waals surface area contributed by atoms with E-state index < -0.39 is 25.5 Å². The van der Waals surface area contributed by atoms with Crippen molar-refractivity contribution in [2.75, 3.05) is 7.05 Å². The molecule has 0 aliphatic heterocycles. The molecule has 0 atom stereocenters. The van der Waals surface area contributed by atoms with Crippen LogP contribution in [0.4, 0.5) is 4.79 Å². The summed E-state index contributed by atoms with van der Waals surface area (Å²) in [6.07, 6.45) is -0.864. The largest absolute Gasteiger partial charge is 0.421 e. The Labute approximate surface area is 89.7 Å². The number of hydroxylamine groups is 2. The molecule has 0 aliphatic carbocycles. The summed E-state index contributed by atoms with van der Waals surface area (Å²) in [6.45, 7) is 6.50. The minimum Gasteiger partial charge on any atom is -0.299 e. The maximum absolute atomic E-state index is 12.0. The summed E-state index contributed by atoms with van der Waals surface area (Å²) < 4.78 is 21.9. The van der Waals surface area contributed by atoms with E-state index in [1.54, 1.807) is 27.7 Å². The van der Waals surface area contributed by atoms with E-state index in [2.05, 4.69) is 0 Å². The van der Waals surface area contributed by atoms with Crippen molar-refractivity contribution in [3.05, 3.63) is 0 Å². The highest BCUT2D eigenvalue weighted by atomic mass is 31.2. The molecule has 6 nitrogen and oxygen atoms in total. The summed E-state index contributed by atoms with van der Waals surface area (Å²) in [7, 11) is -2.87. The van der Waals surface area contributed by atoms with E-state index in [4.69, 9.17) is 14.3 Å². The van der Waals surface area contributed by atoms with Crippen LogP contribution in [0.2, 0.25) is 0 Å². The summed E-state index contributed by atoms with van der Waals surface area (Å²) in [4.78, 5) is 11.4. The van der Waals surface area contributed by atoms with Crippen LogP contribution < -0.4 is 0 Å². The van der Waals surface area contributed by atoms with E-state index in [9.17, 15) is 9.36 Å². The van der Waals surface area contributed by atoms with Crippen LogP contribution in [0, 0.1) is 0 Å². The lowest BCUT2D eigenvalue weighted by Gasteiger charge is -2.22. The van der Waals surface area contributed by atoms with E-state index in [-0.39, 0.29) is 5.06 Å². The summed E-state index contributed by atoms with van der Waals surface area (Å²) in [5.41, 5.74) is -1.06. The average Bonchev–Trinajstić information content (AvgIpc) is 1.99. The number of nitrogens with zero attached hydrogens (tertiary/aromatic N) is 1. The molecule has 1 N–H and O–H groups in total. The van der Waals surface area contributed by atoms with Crippen LogP contribution in [-0.4, -0.2) is 35.2 Å². The number of hydrogen-bond acceptors (Lipinski definition) is 5. The Morgan fingerprint density at radius 1 is 1.20 bits per heavy atom. The van der Waals surface area contributed by atoms with Crippen LogP contribution in [-0.2, 0) is 13.6 Å². The summed E-state index contributed by atoms with van der Waals surface area (Å²) in [5.74, 6) is 0. The second-order valence-corrected chi connectivity index (χ2v) is 5.41. The van der Waals surface area contributed by atoms with Gasteiger partial charge in [0.1, 0.15) is 0 Å². The summed E-state index contributed by atoms with van der Waals surface area (Å²) in [6, 6.07) is 0. The Kier molecular flexibility index (Phi) is 5.45. The molecule has 0 spiro atoms. The minimum atomic E-state index is -3.94. The van der Waals surface area contributed by atoms with Gasteiger partial charge < -0.3 is 0 Å². The summed E-state index contributed by atoms with van der Waals surface area (Å²) >= 11 is 0. The summed E-state index contributed by atoms with van der Waals surface area (Å²) in [5, 5.41) is 9.15. The number of rotatable bonds is 5. The third-order valence-electron chi connectivity index (χ3n) is 1.21. The fourth-order valence-electron chi connectivity index (χ4n) is 0.847. The van der Waals surface area contributed by atoms with E-state index >= 15 is 0 Å². The molecular weight excluding hydrogens is 221 g/mol. The van der Waals surface area contributed by atoms with Crippen molar-refractivity contribution < 1.29 is 23.6 Å². The molecule has 0 saturated carbocycles.